The first-order chi connectivity index (χ1) is 5.81. The molecular formula is C10H22N2S. The molecule has 78 valence electrons. The van der Waals surface area contributed by atoms with Gasteiger partial charge in [-0.05, 0) is 25.4 Å². The molecule has 0 heterocycles. The van der Waals surface area contributed by atoms with Gasteiger partial charge in [0.05, 0.1) is 4.99 Å². The predicted molar refractivity (Wildman–Crippen MR) is 63.0 cm³/mol. The molecule has 0 rings (SSSR count). The summed E-state index contributed by atoms with van der Waals surface area (Å²) < 4.78 is 0. The van der Waals surface area contributed by atoms with E-state index >= 15 is 0 Å². The van der Waals surface area contributed by atoms with Gasteiger partial charge in [-0.1, -0.05) is 33.0 Å². The molecule has 0 saturated carbocycles. The van der Waals surface area contributed by atoms with Crippen molar-refractivity contribution in [2.24, 2.45) is 11.1 Å². The second-order valence-corrected chi connectivity index (χ2v) is 5.35. The SMILES string of the molecule is CN(CCC(N)=S)CCC(C)(C)C. The van der Waals surface area contributed by atoms with E-state index in [4.69, 9.17) is 18.0 Å². The third-order valence-corrected chi connectivity index (χ3v) is 2.19. The van der Waals surface area contributed by atoms with Crippen LogP contribution in [0.1, 0.15) is 33.6 Å². The van der Waals surface area contributed by atoms with Crippen LogP contribution in [0.15, 0.2) is 0 Å². The second kappa shape index (κ2) is 5.55. The quantitative estimate of drug-likeness (QED) is 0.692. The molecule has 13 heavy (non-hydrogen) atoms. The minimum absolute atomic E-state index is 0.414. The van der Waals surface area contributed by atoms with E-state index in [0.29, 0.717) is 10.4 Å². The Morgan fingerprint density at radius 1 is 1.31 bits per heavy atom. The highest BCUT2D eigenvalue weighted by atomic mass is 32.1. The predicted octanol–water partition coefficient (Wildman–Crippen LogP) is 2.03. The molecule has 0 radical (unpaired) electrons. The number of nitrogens with two attached hydrogens (primary N) is 1. The summed E-state index contributed by atoms with van der Waals surface area (Å²) >= 11 is 4.82. The Hall–Kier alpha value is -0.150. The van der Waals surface area contributed by atoms with Crippen LogP contribution in [-0.2, 0) is 0 Å². The molecule has 0 aliphatic heterocycles. The van der Waals surface area contributed by atoms with Gasteiger partial charge in [0.25, 0.3) is 0 Å². The van der Waals surface area contributed by atoms with Crippen LogP contribution in [-0.4, -0.2) is 30.0 Å². The largest absolute Gasteiger partial charge is 0.393 e. The van der Waals surface area contributed by atoms with Gasteiger partial charge in [-0.2, -0.15) is 0 Å². The minimum atomic E-state index is 0.414. The van der Waals surface area contributed by atoms with Crippen LogP contribution >= 0.6 is 12.2 Å². The lowest BCUT2D eigenvalue weighted by Gasteiger charge is -2.23. The van der Waals surface area contributed by atoms with Crippen LogP contribution in [0.3, 0.4) is 0 Å². The van der Waals surface area contributed by atoms with Crippen LogP contribution in [0.2, 0.25) is 0 Å². The molecular weight excluding hydrogens is 180 g/mol. The van der Waals surface area contributed by atoms with Crippen LogP contribution in [0.4, 0.5) is 0 Å². The fraction of sp³-hybridized carbons (Fsp3) is 0.900. The monoisotopic (exact) mass is 202 g/mol. The van der Waals surface area contributed by atoms with Crippen molar-refractivity contribution in [3.63, 3.8) is 0 Å². The average Bonchev–Trinajstić information content (AvgIpc) is 1.95. The molecule has 0 bridgehead atoms. The van der Waals surface area contributed by atoms with E-state index in [9.17, 15) is 0 Å². The molecule has 0 unspecified atom stereocenters. The summed E-state index contributed by atoms with van der Waals surface area (Å²) in [6.45, 7) is 8.87. The van der Waals surface area contributed by atoms with Crippen molar-refractivity contribution in [2.75, 3.05) is 20.1 Å². The van der Waals surface area contributed by atoms with Gasteiger partial charge >= 0.3 is 0 Å². The first-order valence-electron chi connectivity index (χ1n) is 4.78. The molecule has 0 saturated heterocycles. The summed E-state index contributed by atoms with van der Waals surface area (Å²) in [4.78, 5) is 2.90. The number of hydrogen-bond acceptors (Lipinski definition) is 2. The molecule has 2 N–H and O–H groups in total. The van der Waals surface area contributed by atoms with E-state index in [1.54, 1.807) is 0 Å². The standard InChI is InChI=1S/C10H22N2S/c1-10(2,3)6-8-12(4)7-5-9(11)13/h5-8H2,1-4H3,(H2,11,13). The van der Waals surface area contributed by atoms with Crippen LogP contribution < -0.4 is 5.73 Å². The van der Waals surface area contributed by atoms with E-state index in [1.807, 2.05) is 0 Å². The summed E-state index contributed by atoms with van der Waals surface area (Å²) in [7, 11) is 2.12. The molecule has 3 heteroatoms. The number of hydrogen-bond donors (Lipinski definition) is 1. The highest BCUT2D eigenvalue weighted by Crippen LogP contribution is 2.18. The fourth-order valence-corrected chi connectivity index (χ4v) is 1.03. The van der Waals surface area contributed by atoms with Crippen molar-refractivity contribution in [3.8, 4) is 0 Å². The highest BCUT2D eigenvalue weighted by molar-refractivity contribution is 7.80. The Morgan fingerprint density at radius 3 is 2.23 bits per heavy atom. The van der Waals surface area contributed by atoms with Crippen molar-refractivity contribution < 1.29 is 0 Å². The first-order valence-corrected chi connectivity index (χ1v) is 5.19. The van der Waals surface area contributed by atoms with Crippen LogP contribution in [0.25, 0.3) is 0 Å². The second-order valence-electron chi connectivity index (χ2n) is 4.83. The van der Waals surface area contributed by atoms with E-state index in [0.717, 1.165) is 19.5 Å². The molecule has 0 amide bonds. The lowest BCUT2D eigenvalue weighted by Crippen LogP contribution is -2.27. The maximum atomic E-state index is 5.43. The fourth-order valence-electron chi connectivity index (χ4n) is 0.939. The number of nitrogens with zero attached hydrogens (tertiary/aromatic N) is 1. The summed E-state index contributed by atoms with van der Waals surface area (Å²) in [6.07, 6.45) is 2.04. The van der Waals surface area contributed by atoms with E-state index in [2.05, 4.69) is 32.7 Å². The zero-order chi connectivity index (χ0) is 10.5. The minimum Gasteiger partial charge on any atom is -0.393 e. The van der Waals surface area contributed by atoms with Gasteiger partial charge in [-0.3, -0.25) is 0 Å². The van der Waals surface area contributed by atoms with Gasteiger partial charge in [0.2, 0.25) is 0 Å². The van der Waals surface area contributed by atoms with Gasteiger partial charge in [0.1, 0.15) is 0 Å². The van der Waals surface area contributed by atoms with Gasteiger partial charge in [0, 0.05) is 13.0 Å². The summed E-state index contributed by atoms with van der Waals surface area (Å²) in [5.41, 5.74) is 5.84. The molecule has 0 aromatic rings. The van der Waals surface area contributed by atoms with Gasteiger partial charge in [-0.25, -0.2) is 0 Å². The van der Waals surface area contributed by atoms with Crippen molar-refractivity contribution in [3.05, 3.63) is 0 Å². The molecule has 2 nitrogen and oxygen atoms in total. The molecule has 0 aromatic heterocycles. The lowest BCUT2D eigenvalue weighted by atomic mass is 9.92. The smallest absolute Gasteiger partial charge is 0.0740 e. The molecule has 0 aromatic carbocycles. The summed E-state index contributed by atoms with van der Waals surface area (Å²) in [5.74, 6) is 0. The molecule has 0 aliphatic carbocycles. The Labute approximate surface area is 87.5 Å². The Morgan fingerprint density at radius 2 is 1.85 bits per heavy atom. The Kier molecular flexibility index (Phi) is 5.49. The lowest BCUT2D eigenvalue weighted by molar-refractivity contribution is 0.269. The Balaban J connectivity index is 3.52. The Bertz CT molecular complexity index is 161. The maximum absolute atomic E-state index is 5.43. The zero-order valence-electron chi connectivity index (χ0n) is 9.26. The van der Waals surface area contributed by atoms with Crippen molar-refractivity contribution >= 4 is 17.2 Å². The van der Waals surface area contributed by atoms with Gasteiger partial charge in [-0.15, -0.1) is 0 Å². The highest BCUT2D eigenvalue weighted by Gasteiger charge is 2.10. The van der Waals surface area contributed by atoms with Gasteiger partial charge < -0.3 is 10.6 Å². The molecule has 0 fully saturated rings. The third kappa shape index (κ3) is 9.77. The third-order valence-electron chi connectivity index (χ3n) is 1.98. The number of rotatable bonds is 5. The summed E-state index contributed by atoms with van der Waals surface area (Å²) in [6, 6.07) is 0. The molecule has 0 aliphatic rings. The van der Waals surface area contributed by atoms with Crippen LogP contribution in [0.5, 0.6) is 0 Å². The van der Waals surface area contributed by atoms with E-state index in [-0.39, 0.29) is 0 Å². The molecule has 0 atom stereocenters. The van der Waals surface area contributed by atoms with Crippen LogP contribution in [0, 0.1) is 5.41 Å². The normalized spacial score (nSPS) is 12.1. The maximum Gasteiger partial charge on any atom is 0.0740 e. The summed E-state index contributed by atoms with van der Waals surface area (Å²) in [5, 5.41) is 0. The van der Waals surface area contributed by atoms with E-state index in [1.165, 1.54) is 6.42 Å². The number of thiocarbonyl (C=S) groups is 1. The molecule has 0 spiro atoms. The average molecular weight is 202 g/mol. The topological polar surface area (TPSA) is 29.3 Å². The van der Waals surface area contributed by atoms with Gasteiger partial charge in [0.15, 0.2) is 0 Å². The van der Waals surface area contributed by atoms with Crippen molar-refractivity contribution in [1.29, 1.82) is 0 Å². The van der Waals surface area contributed by atoms with Crippen molar-refractivity contribution in [1.82, 2.24) is 4.90 Å². The zero-order valence-corrected chi connectivity index (χ0v) is 10.1. The van der Waals surface area contributed by atoms with E-state index < -0.39 is 0 Å². The first kappa shape index (κ1) is 12.8. The van der Waals surface area contributed by atoms with Crippen molar-refractivity contribution in [2.45, 2.75) is 33.6 Å².